The summed E-state index contributed by atoms with van der Waals surface area (Å²) in [6, 6.07) is 0. The van der Waals surface area contributed by atoms with E-state index < -0.39 is 0 Å². The molecule has 0 unspecified atom stereocenters. The van der Waals surface area contributed by atoms with Gasteiger partial charge in [0, 0.05) is 0 Å². The van der Waals surface area contributed by atoms with Gasteiger partial charge in [-0.25, -0.2) is 0 Å². The van der Waals surface area contributed by atoms with Gasteiger partial charge in [-0.3, -0.25) is 0 Å². The Balaban J connectivity index is -0.0000000560. The van der Waals surface area contributed by atoms with E-state index in [-0.39, 0.29) is 14.9 Å². The summed E-state index contributed by atoms with van der Waals surface area (Å²) in [7, 11) is 0. The van der Waals surface area contributed by atoms with Crippen LogP contribution in [0, 0.1) is 0 Å². The molecule has 0 heteroatoms. The molecule has 0 radical (unpaired) electrons. The van der Waals surface area contributed by atoms with Gasteiger partial charge in [-0.2, -0.15) is 0 Å². The third kappa shape index (κ3) is 24.9. The van der Waals surface area contributed by atoms with E-state index in [2.05, 4.69) is 0 Å². The highest BCUT2D eigenvalue weighted by atomic mass is 14.0. The molecule has 2 saturated carbocycles. The van der Waals surface area contributed by atoms with Crippen molar-refractivity contribution in [1.29, 1.82) is 0 Å². The highest BCUT2D eigenvalue weighted by Gasteiger charge is 1.95. The van der Waals surface area contributed by atoms with Crippen molar-refractivity contribution in [2.45, 2.75) is 100 Å². The molecular weight excluding hydrogens is 180 g/mol. The fraction of sp³-hybridized carbons (Fsp3) is 1.00. The second-order valence-corrected chi connectivity index (χ2v) is 3.18. The summed E-state index contributed by atoms with van der Waals surface area (Å²) in [6.45, 7) is 8.00. The van der Waals surface area contributed by atoms with Gasteiger partial charge in [0.15, 0.2) is 0 Å². The lowest BCUT2D eigenvalue weighted by Gasteiger charge is -2.05. The quantitative estimate of drug-likeness (QED) is 0.418. The molecule has 0 amide bonds. The average Bonchev–Trinajstić information content (AvgIpc) is 2.64. The largest absolute Gasteiger partial charge is 0.0776 e. The maximum absolute atomic E-state index is 2.00. The summed E-state index contributed by atoms with van der Waals surface area (Å²) in [5.74, 6) is 0. The Hall–Kier alpha value is 0. The highest BCUT2D eigenvalue weighted by Crippen LogP contribution is 2.15. The van der Waals surface area contributed by atoms with Crippen LogP contribution < -0.4 is 0 Å². The summed E-state index contributed by atoms with van der Waals surface area (Å²) in [6.07, 6.45) is 13.5. The van der Waals surface area contributed by atoms with Gasteiger partial charge in [-0.15, -0.1) is 0 Å². The fourth-order valence-corrected chi connectivity index (χ4v) is 1.13. The first-order chi connectivity index (χ1) is 6.50. The van der Waals surface area contributed by atoms with Crippen LogP contribution in [0.2, 0.25) is 0 Å². The van der Waals surface area contributed by atoms with E-state index in [1.807, 2.05) is 27.7 Å². The fourth-order valence-electron chi connectivity index (χ4n) is 1.13. The van der Waals surface area contributed by atoms with Crippen LogP contribution in [0.1, 0.15) is 100 Å². The van der Waals surface area contributed by atoms with E-state index in [4.69, 9.17) is 0 Å². The summed E-state index contributed by atoms with van der Waals surface area (Å²) in [5.41, 5.74) is 0. The predicted molar refractivity (Wildman–Crippen MR) is 77.7 cm³/mol. The first-order valence-corrected chi connectivity index (χ1v) is 6.50. The molecule has 0 aliphatic heterocycles. The zero-order valence-corrected chi connectivity index (χ0v) is 10.4. The predicted octanol–water partition coefficient (Wildman–Crippen LogP) is 6.84. The Kier molecular flexibility index (Phi) is 47.3. The van der Waals surface area contributed by atoms with Gasteiger partial charge < -0.3 is 0 Å². The van der Waals surface area contributed by atoms with Gasteiger partial charge in [-0.1, -0.05) is 100 Å². The molecule has 0 spiro atoms. The van der Waals surface area contributed by atoms with Crippen LogP contribution in [0.25, 0.3) is 0 Å². The molecule has 0 bridgehead atoms. The second kappa shape index (κ2) is 29.2. The molecule has 0 saturated heterocycles. The van der Waals surface area contributed by atoms with Crippen LogP contribution in [-0.2, 0) is 0 Å². The Bertz CT molecular complexity index is 37.4. The zero-order valence-electron chi connectivity index (χ0n) is 10.4. The van der Waals surface area contributed by atoms with Gasteiger partial charge >= 0.3 is 0 Å². The number of hydrogen-bond acceptors (Lipinski definition) is 0. The van der Waals surface area contributed by atoms with Crippen molar-refractivity contribution < 1.29 is 0 Å². The van der Waals surface area contributed by atoms with E-state index >= 15 is 0 Å². The van der Waals surface area contributed by atoms with Crippen molar-refractivity contribution in [3.63, 3.8) is 0 Å². The highest BCUT2D eigenvalue weighted by molar-refractivity contribution is 4.51. The number of hydrogen-bond donors (Lipinski definition) is 0. The molecule has 98 valence electrons. The SMILES string of the molecule is C.C.C1CCC1.C1CCCC1.CC.CC. The van der Waals surface area contributed by atoms with Crippen LogP contribution in [0.4, 0.5) is 0 Å². The summed E-state index contributed by atoms with van der Waals surface area (Å²) in [4.78, 5) is 0. The van der Waals surface area contributed by atoms with Gasteiger partial charge in [0.1, 0.15) is 0 Å². The van der Waals surface area contributed by atoms with Crippen molar-refractivity contribution in [3.05, 3.63) is 0 Å². The van der Waals surface area contributed by atoms with Crippen molar-refractivity contribution >= 4 is 0 Å². The molecule has 0 nitrogen and oxygen atoms in total. The molecule has 0 aromatic rings. The van der Waals surface area contributed by atoms with Gasteiger partial charge in [-0.05, 0) is 0 Å². The molecule has 2 fully saturated rings. The van der Waals surface area contributed by atoms with Crippen molar-refractivity contribution in [3.8, 4) is 0 Å². The topological polar surface area (TPSA) is 0 Å². The standard InChI is InChI=1S/C5H10.C4H8.2C2H6.2CH4/c1-2-4-5-3-1;1-2-4-3-1;2*1-2;;/h1-5H2;1-4H2;2*1-2H3;2*1H4. The van der Waals surface area contributed by atoms with Gasteiger partial charge in [0.2, 0.25) is 0 Å². The number of rotatable bonds is 0. The minimum atomic E-state index is 0. The summed E-state index contributed by atoms with van der Waals surface area (Å²) in [5, 5.41) is 0. The molecule has 15 heavy (non-hydrogen) atoms. The van der Waals surface area contributed by atoms with Crippen molar-refractivity contribution in [1.82, 2.24) is 0 Å². The Labute approximate surface area is 101 Å². The third-order valence-electron chi connectivity index (χ3n) is 2.25. The first kappa shape index (κ1) is 24.3. The minimum Gasteiger partial charge on any atom is -0.0776 e. The van der Waals surface area contributed by atoms with Crippen LogP contribution in [0.3, 0.4) is 0 Å². The van der Waals surface area contributed by atoms with Crippen molar-refractivity contribution in [2.24, 2.45) is 0 Å². The van der Waals surface area contributed by atoms with Crippen LogP contribution in [-0.4, -0.2) is 0 Å². The third-order valence-corrected chi connectivity index (χ3v) is 2.25. The summed E-state index contributed by atoms with van der Waals surface area (Å²) >= 11 is 0. The lowest BCUT2D eigenvalue weighted by molar-refractivity contribution is 0.504. The Morgan fingerprint density at radius 1 is 0.333 bits per heavy atom. The molecule has 2 rings (SSSR count). The molecule has 0 N–H and O–H groups in total. The first-order valence-electron chi connectivity index (χ1n) is 6.50. The molecular formula is C15H38. The lowest BCUT2D eigenvalue weighted by atomic mass is 10.0. The van der Waals surface area contributed by atoms with Crippen LogP contribution >= 0.6 is 0 Å². The van der Waals surface area contributed by atoms with Crippen molar-refractivity contribution in [2.75, 3.05) is 0 Å². The maximum Gasteiger partial charge on any atom is -0.0533 e. The molecule has 2 aliphatic rings. The molecule has 2 aliphatic carbocycles. The van der Waals surface area contributed by atoms with E-state index in [1.165, 1.54) is 57.8 Å². The minimum absolute atomic E-state index is 0. The smallest absolute Gasteiger partial charge is 0.0533 e. The van der Waals surface area contributed by atoms with Gasteiger partial charge in [0.25, 0.3) is 0 Å². The maximum atomic E-state index is 2.00. The molecule has 0 aromatic carbocycles. The van der Waals surface area contributed by atoms with E-state index in [0.717, 1.165) is 0 Å². The normalized spacial score (nSPS) is 15.2. The Morgan fingerprint density at radius 3 is 0.467 bits per heavy atom. The second-order valence-electron chi connectivity index (χ2n) is 3.18. The monoisotopic (exact) mass is 218 g/mol. The molecule has 0 heterocycles. The zero-order chi connectivity index (χ0) is 10.4. The molecule has 0 atom stereocenters. The van der Waals surface area contributed by atoms with Crippen LogP contribution in [0.5, 0.6) is 0 Å². The van der Waals surface area contributed by atoms with Gasteiger partial charge in [0.05, 0.1) is 0 Å². The molecule has 0 aromatic heterocycles. The van der Waals surface area contributed by atoms with E-state index in [0.29, 0.717) is 0 Å². The average molecular weight is 218 g/mol. The Morgan fingerprint density at radius 2 is 0.400 bits per heavy atom. The lowest BCUT2D eigenvalue weighted by Crippen LogP contribution is -1.85. The van der Waals surface area contributed by atoms with Crippen LogP contribution in [0.15, 0.2) is 0 Å². The summed E-state index contributed by atoms with van der Waals surface area (Å²) < 4.78 is 0. The van der Waals surface area contributed by atoms with E-state index in [9.17, 15) is 0 Å². The van der Waals surface area contributed by atoms with E-state index in [1.54, 1.807) is 0 Å².